The van der Waals surface area contributed by atoms with Crippen LogP contribution in [-0.4, -0.2) is 60.4 Å². The van der Waals surface area contributed by atoms with E-state index in [1.807, 2.05) is 0 Å². The van der Waals surface area contributed by atoms with Gasteiger partial charge in [-0.25, -0.2) is 23.5 Å². The molecule has 0 spiro atoms. The molecule has 11 heteroatoms. The Labute approximate surface area is 163 Å². The Morgan fingerprint density at radius 3 is 2.48 bits per heavy atom. The van der Waals surface area contributed by atoms with Crippen LogP contribution in [0, 0.1) is 5.82 Å². The standard InChI is InChI=1S/C18H16FN3O7/c1-27-17(25)11-8-29-9-21(15(11)18(26)28-2)14-7-10(19)3-4-13(14)22-6-5-12(20-22)16(23)24/h3-7H,8-9H2,1-2H3,(H,23,24). The van der Waals surface area contributed by atoms with Crippen LogP contribution in [0.15, 0.2) is 41.7 Å². The third-order valence-corrected chi connectivity index (χ3v) is 4.12. The number of hydrogen-bond acceptors (Lipinski definition) is 8. The Bertz CT molecular complexity index is 1010. The molecule has 29 heavy (non-hydrogen) atoms. The Hall–Kier alpha value is -3.73. The molecule has 0 saturated carbocycles. The first kappa shape index (κ1) is 20.0. The molecule has 0 unspecified atom stereocenters. The number of nitrogens with zero attached hydrogens (tertiary/aromatic N) is 3. The minimum absolute atomic E-state index is 0.103. The zero-order valence-corrected chi connectivity index (χ0v) is 15.4. The van der Waals surface area contributed by atoms with Gasteiger partial charge in [-0.3, -0.25) is 0 Å². The van der Waals surface area contributed by atoms with Gasteiger partial charge >= 0.3 is 17.9 Å². The van der Waals surface area contributed by atoms with Crippen molar-refractivity contribution in [2.75, 3.05) is 32.5 Å². The van der Waals surface area contributed by atoms with Gasteiger partial charge in [-0.2, -0.15) is 5.10 Å². The van der Waals surface area contributed by atoms with Gasteiger partial charge in [0.2, 0.25) is 0 Å². The average Bonchev–Trinajstić information content (AvgIpc) is 3.22. The Morgan fingerprint density at radius 1 is 1.14 bits per heavy atom. The van der Waals surface area contributed by atoms with Crippen molar-refractivity contribution < 1.29 is 38.1 Å². The molecule has 3 rings (SSSR count). The van der Waals surface area contributed by atoms with Gasteiger partial charge in [0.05, 0.1) is 37.8 Å². The van der Waals surface area contributed by atoms with Crippen molar-refractivity contribution >= 4 is 23.6 Å². The molecule has 152 valence electrons. The fourth-order valence-corrected chi connectivity index (χ4v) is 2.81. The molecule has 1 aliphatic heterocycles. The van der Waals surface area contributed by atoms with Crippen molar-refractivity contribution in [3.8, 4) is 5.69 Å². The monoisotopic (exact) mass is 405 g/mol. The quantitative estimate of drug-likeness (QED) is 0.729. The van der Waals surface area contributed by atoms with Crippen molar-refractivity contribution in [2.24, 2.45) is 0 Å². The predicted molar refractivity (Wildman–Crippen MR) is 94.8 cm³/mol. The largest absolute Gasteiger partial charge is 0.476 e. The first-order valence-electron chi connectivity index (χ1n) is 8.21. The Balaban J connectivity index is 2.20. The van der Waals surface area contributed by atoms with Crippen molar-refractivity contribution in [3.05, 3.63) is 53.2 Å². The van der Waals surface area contributed by atoms with Gasteiger partial charge < -0.3 is 24.2 Å². The van der Waals surface area contributed by atoms with Gasteiger partial charge in [0.15, 0.2) is 5.69 Å². The number of carbonyl (C=O) groups excluding carboxylic acids is 2. The molecule has 0 atom stereocenters. The van der Waals surface area contributed by atoms with Crippen molar-refractivity contribution in [1.29, 1.82) is 0 Å². The SMILES string of the molecule is COC(=O)C1=C(C(=O)OC)N(c2cc(F)ccc2-n2ccc(C(=O)O)n2)COC1. The number of aromatic nitrogens is 2. The van der Waals surface area contributed by atoms with Gasteiger partial charge in [-0.05, 0) is 24.3 Å². The highest BCUT2D eigenvalue weighted by atomic mass is 19.1. The summed E-state index contributed by atoms with van der Waals surface area (Å²) >= 11 is 0. The molecule has 0 amide bonds. The number of rotatable bonds is 5. The van der Waals surface area contributed by atoms with Crippen LogP contribution in [0.4, 0.5) is 10.1 Å². The summed E-state index contributed by atoms with van der Waals surface area (Å²) < 4.78 is 30.1. The number of hydrogen-bond donors (Lipinski definition) is 1. The smallest absolute Gasteiger partial charge is 0.356 e. The summed E-state index contributed by atoms with van der Waals surface area (Å²) in [4.78, 5) is 36.9. The molecular weight excluding hydrogens is 389 g/mol. The van der Waals surface area contributed by atoms with E-state index in [-0.39, 0.29) is 41.7 Å². The average molecular weight is 405 g/mol. The number of methoxy groups -OCH3 is 2. The molecule has 1 N–H and O–H groups in total. The number of halogens is 1. The topological polar surface area (TPSA) is 120 Å². The highest BCUT2D eigenvalue weighted by molar-refractivity contribution is 6.03. The second-order valence-corrected chi connectivity index (χ2v) is 5.80. The Kier molecular flexibility index (Phi) is 5.59. The minimum Gasteiger partial charge on any atom is -0.476 e. The number of carboxylic acid groups (broad SMARTS) is 1. The number of carboxylic acids is 1. The summed E-state index contributed by atoms with van der Waals surface area (Å²) in [5, 5.41) is 13.0. The maximum Gasteiger partial charge on any atom is 0.356 e. The van der Waals surface area contributed by atoms with Crippen LogP contribution in [-0.2, 0) is 23.8 Å². The molecule has 0 fully saturated rings. The lowest BCUT2D eigenvalue weighted by Crippen LogP contribution is -2.39. The van der Waals surface area contributed by atoms with Crippen molar-refractivity contribution in [2.45, 2.75) is 0 Å². The predicted octanol–water partition coefficient (Wildman–Crippen LogP) is 1.10. The van der Waals surface area contributed by atoms with Gasteiger partial charge in [0.1, 0.15) is 18.2 Å². The summed E-state index contributed by atoms with van der Waals surface area (Å²) in [6.07, 6.45) is 1.37. The van der Waals surface area contributed by atoms with E-state index >= 15 is 0 Å². The van der Waals surface area contributed by atoms with E-state index in [4.69, 9.17) is 19.3 Å². The van der Waals surface area contributed by atoms with Crippen molar-refractivity contribution in [3.63, 3.8) is 0 Å². The van der Waals surface area contributed by atoms with E-state index in [0.29, 0.717) is 0 Å². The summed E-state index contributed by atoms with van der Waals surface area (Å²) in [5.41, 5.74) is -0.161. The molecule has 0 saturated heterocycles. The number of esters is 2. The zero-order valence-electron chi connectivity index (χ0n) is 15.4. The first-order chi connectivity index (χ1) is 13.9. The second kappa shape index (κ2) is 8.10. The van der Waals surface area contributed by atoms with E-state index in [9.17, 15) is 18.8 Å². The first-order valence-corrected chi connectivity index (χ1v) is 8.21. The van der Waals surface area contributed by atoms with Crippen molar-refractivity contribution in [1.82, 2.24) is 9.78 Å². The molecular formula is C18H16FN3O7. The van der Waals surface area contributed by atoms with Crippen LogP contribution in [0.2, 0.25) is 0 Å². The van der Waals surface area contributed by atoms with E-state index < -0.39 is 23.7 Å². The summed E-state index contributed by atoms with van der Waals surface area (Å²) in [5.74, 6) is -3.53. The summed E-state index contributed by atoms with van der Waals surface area (Å²) in [7, 11) is 2.28. The molecule has 2 aromatic rings. The molecule has 1 aromatic heterocycles. The highest BCUT2D eigenvalue weighted by Crippen LogP contribution is 2.32. The van der Waals surface area contributed by atoms with Crippen LogP contribution in [0.1, 0.15) is 10.5 Å². The van der Waals surface area contributed by atoms with Crippen LogP contribution in [0.5, 0.6) is 0 Å². The number of aromatic carboxylic acids is 1. The highest BCUT2D eigenvalue weighted by Gasteiger charge is 2.34. The molecule has 0 bridgehead atoms. The number of ether oxygens (including phenoxy) is 3. The van der Waals surface area contributed by atoms with E-state index in [0.717, 1.165) is 26.4 Å². The van der Waals surface area contributed by atoms with Crippen LogP contribution >= 0.6 is 0 Å². The molecule has 10 nitrogen and oxygen atoms in total. The van der Waals surface area contributed by atoms with Crippen LogP contribution in [0.25, 0.3) is 5.69 Å². The lowest BCUT2D eigenvalue weighted by atomic mass is 10.1. The number of carbonyl (C=O) groups is 3. The van der Waals surface area contributed by atoms with E-state index in [1.165, 1.54) is 27.9 Å². The maximum atomic E-state index is 14.1. The summed E-state index contributed by atoms with van der Waals surface area (Å²) in [6.45, 7) is -0.405. The van der Waals surface area contributed by atoms with Gasteiger partial charge in [0.25, 0.3) is 0 Å². The molecule has 0 aliphatic carbocycles. The normalized spacial score (nSPS) is 14.0. The lowest BCUT2D eigenvalue weighted by molar-refractivity contribution is -0.140. The van der Waals surface area contributed by atoms with Crippen LogP contribution in [0.3, 0.4) is 0 Å². The van der Waals surface area contributed by atoms with Gasteiger partial charge in [0, 0.05) is 6.20 Å². The van der Waals surface area contributed by atoms with Gasteiger partial charge in [-0.1, -0.05) is 0 Å². The Morgan fingerprint density at radius 2 is 1.86 bits per heavy atom. The number of anilines is 1. The third-order valence-electron chi connectivity index (χ3n) is 4.12. The van der Waals surface area contributed by atoms with E-state index in [2.05, 4.69) is 5.10 Å². The molecule has 1 aliphatic rings. The lowest BCUT2D eigenvalue weighted by Gasteiger charge is -2.32. The summed E-state index contributed by atoms with van der Waals surface area (Å²) in [6, 6.07) is 4.86. The second-order valence-electron chi connectivity index (χ2n) is 5.80. The number of benzene rings is 1. The van der Waals surface area contributed by atoms with Crippen LogP contribution < -0.4 is 4.90 Å². The molecule has 0 radical (unpaired) electrons. The molecule has 2 heterocycles. The van der Waals surface area contributed by atoms with E-state index in [1.54, 1.807) is 0 Å². The molecule has 1 aromatic carbocycles. The minimum atomic E-state index is -1.24. The third kappa shape index (κ3) is 3.80. The fraction of sp³-hybridized carbons (Fsp3) is 0.222. The fourth-order valence-electron chi connectivity index (χ4n) is 2.81. The zero-order chi connectivity index (χ0) is 21.1. The van der Waals surface area contributed by atoms with Gasteiger partial charge in [-0.15, -0.1) is 0 Å². The maximum absolute atomic E-state index is 14.1.